The Hall–Kier alpha value is -2.83. The van der Waals surface area contributed by atoms with E-state index in [4.69, 9.17) is 9.47 Å². The average molecular weight is 372 g/mol. The number of allylic oxidation sites excluding steroid dienone is 2. The van der Waals surface area contributed by atoms with E-state index < -0.39 is 11.9 Å². The quantitative estimate of drug-likeness (QED) is 0.633. The van der Waals surface area contributed by atoms with Gasteiger partial charge in [0.05, 0.1) is 26.1 Å². The second kappa shape index (κ2) is 7.42. The lowest BCUT2D eigenvalue weighted by atomic mass is 9.85. The Kier molecular flexibility index (Phi) is 5.21. The molecule has 3 amide bonds. The maximum Gasteiger partial charge on any atom is 0.247 e. The van der Waals surface area contributed by atoms with E-state index >= 15 is 0 Å². The van der Waals surface area contributed by atoms with Gasteiger partial charge in [0.1, 0.15) is 6.04 Å². The summed E-state index contributed by atoms with van der Waals surface area (Å²) in [5.74, 6) is -0.596. The van der Waals surface area contributed by atoms with Crippen molar-refractivity contribution in [2.45, 2.75) is 32.7 Å². The Morgan fingerprint density at radius 1 is 1.07 bits per heavy atom. The number of imide groups is 1. The first kappa shape index (κ1) is 18.9. The molecule has 144 valence electrons. The van der Waals surface area contributed by atoms with Crippen LogP contribution >= 0.6 is 0 Å². The summed E-state index contributed by atoms with van der Waals surface area (Å²) in [6, 6.07) is 2.53. The lowest BCUT2D eigenvalue weighted by molar-refractivity contribution is -0.146. The van der Waals surface area contributed by atoms with Gasteiger partial charge in [-0.15, -0.1) is 0 Å². The second-order valence-corrected chi connectivity index (χ2v) is 6.89. The number of fused-ring (bicyclic) bond motifs is 1. The van der Waals surface area contributed by atoms with Crippen LogP contribution in [0.5, 0.6) is 11.5 Å². The zero-order valence-electron chi connectivity index (χ0n) is 15.9. The van der Waals surface area contributed by atoms with Crippen LogP contribution in [0.3, 0.4) is 0 Å². The first-order chi connectivity index (χ1) is 12.9. The van der Waals surface area contributed by atoms with E-state index in [2.05, 4.69) is 5.32 Å². The fraction of sp³-hybridized carbons (Fsp3) is 0.450. The van der Waals surface area contributed by atoms with E-state index in [-0.39, 0.29) is 23.7 Å². The number of hydrogen-bond acceptors (Lipinski definition) is 5. The van der Waals surface area contributed by atoms with Gasteiger partial charge >= 0.3 is 0 Å². The highest BCUT2D eigenvalue weighted by atomic mass is 16.5. The van der Waals surface area contributed by atoms with E-state index in [0.29, 0.717) is 30.0 Å². The summed E-state index contributed by atoms with van der Waals surface area (Å²) < 4.78 is 10.5. The number of amides is 3. The number of ether oxygens (including phenoxy) is 2. The number of aryl methyl sites for hydroxylation is 1. The number of carbonyl (C=O) groups excluding carboxylic acids is 3. The lowest BCUT2D eigenvalue weighted by Gasteiger charge is -2.23. The van der Waals surface area contributed by atoms with Crippen LogP contribution in [0.2, 0.25) is 0 Å². The average Bonchev–Trinajstić information content (AvgIpc) is 2.93. The third-order valence-corrected chi connectivity index (χ3v) is 5.30. The number of nitrogens with zero attached hydrogens (tertiary/aromatic N) is 1. The largest absolute Gasteiger partial charge is 0.493 e. The minimum absolute atomic E-state index is 0.263. The van der Waals surface area contributed by atoms with Crippen LogP contribution in [-0.2, 0) is 14.4 Å². The molecule has 1 N–H and O–H groups in total. The summed E-state index contributed by atoms with van der Waals surface area (Å²) in [5.41, 5.74) is 1.33. The molecule has 27 heavy (non-hydrogen) atoms. The van der Waals surface area contributed by atoms with E-state index in [1.54, 1.807) is 19.1 Å². The molecule has 3 atom stereocenters. The molecule has 1 saturated heterocycles. The van der Waals surface area contributed by atoms with Crippen LogP contribution in [0.4, 0.5) is 5.69 Å². The number of nitrogens with one attached hydrogen (secondary N) is 1. The van der Waals surface area contributed by atoms with Gasteiger partial charge < -0.3 is 14.8 Å². The van der Waals surface area contributed by atoms with Crippen molar-refractivity contribution >= 4 is 23.4 Å². The normalized spacial score (nSPS) is 22.4. The summed E-state index contributed by atoms with van der Waals surface area (Å²) in [4.78, 5) is 39.2. The Morgan fingerprint density at radius 2 is 1.59 bits per heavy atom. The highest BCUT2D eigenvalue weighted by Crippen LogP contribution is 2.37. The predicted molar refractivity (Wildman–Crippen MR) is 99.6 cm³/mol. The molecule has 0 aromatic heterocycles. The van der Waals surface area contributed by atoms with E-state index in [9.17, 15) is 14.4 Å². The van der Waals surface area contributed by atoms with Crippen LogP contribution in [0, 0.1) is 18.8 Å². The third-order valence-electron chi connectivity index (χ3n) is 5.30. The molecule has 1 aliphatic carbocycles. The summed E-state index contributed by atoms with van der Waals surface area (Å²) in [6.45, 7) is 3.40. The molecular formula is C20H24N2O5. The minimum Gasteiger partial charge on any atom is -0.493 e. The summed E-state index contributed by atoms with van der Waals surface area (Å²) in [6.07, 6.45) is 4.95. The number of hydrogen-bond donors (Lipinski definition) is 1. The van der Waals surface area contributed by atoms with Crippen LogP contribution in [0.25, 0.3) is 0 Å². The van der Waals surface area contributed by atoms with Crippen molar-refractivity contribution in [3.63, 3.8) is 0 Å². The van der Waals surface area contributed by atoms with Crippen molar-refractivity contribution in [2.24, 2.45) is 11.8 Å². The molecule has 7 nitrogen and oxygen atoms in total. The number of likely N-dealkylation sites (tertiary alicyclic amines) is 1. The van der Waals surface area contributed by atoms with Gasteiger partial charge in [0.2, 0.25) is 17.7 Å². The fourth-order valence-electron chi connectivity index (χ4n) is 3.68. The van der Waals surface area contributed by atoms with Gasteiger partial charge in [-0.05, 0) is 38.3 Å². The molecule has 2 aliphatic rings. The fourth-order valence-corrected chi connectivity index (χ4v) is 3.68. The number of anilines is 1. The summed E-state index contributed by atoms with van der Waals surface area (Å²) in [5, 5.41) is 2.80. The molecule has 0 saturated carbocycles. The Bertz CT molecular complexity index is 791. The van der Waals surface area contributed by atoms with Gasteiger partial charge in [0.25, 0.3) is 0 Å². The SMILES string of the molecule is COc1cc(C)c(NC(=O)[C@H](C)N2C(=O)[C@H]3CC=CC[C@H]3C2=O)cc1OC. The zero-order valence-corrected chi connectivity index (χ0v) is 15.9. The number of carbonyl (C=O) groups is 3. The van der Waals surface area contributed by atoms with Crippen molar-refractivity contribution in [2.75, 3.05) is 19.5 Å². The van der Waals surface area contributed by atoms with Crippen molar-refractivity contribution in [1.82, 2.24) is 4.90 Å². The molecular weight excluding hydrogens is 348 g/mol. The Morgan fingerprint density at radius 3 is 2.11 bits per heavy atom. The monoisotopic (exact) mass is 372 g/mol. The molecule has 0 unspecified atom stereocenters. The van der Waals surface area contributed by atoms with Crippen LogP contribution in [-0.4, -0.2) is 42.9 Å². The standard InChI is InChI=1S/C20H24N2O5/c1-11-9-16(26-3)17(27-4)10-15(11)21-18(23)12(2)22-19(24)13-7-5-6-8-14(13)20(22)25/h5-6,9-10,12-14H,7-8H2,1-4H3,(H,21,23)/t12-,13-,14+/m0/s1. The van der Waals surface area contributed by atoms with Crippen molar-refractivity contribution in [1.29, 1.82) is 0 Å². The van der Waals surface area contributed by atoms with E-state index in [1.807, 2.05) is 19.1 Å². The number of benzene rings is 1. The van der Waals surface area contributed by atoms with E-state index in [0.717, 1.165) is 10.5 Å². The topological polar surface area (TPSA) is 84.9 Å². The molecule has 1 aromatic carbocycles. The number of methoxy groups -OCH3 is 2. The van der Waals surface area contributed by atoms with Gasteiger partial charge in [-0.1, -0.05) is 12.2 Å². The molecule has 3 rings (SSSR count). The highest BCUT2D eigenvalue weighted by molar-refractivity contribution is 6.10. The third kappa shape index (κ3) is 3.29. The number of rotatable bonds is 5. The van der Waals surface area contributed by atoms with Crippen LogP contribution in [0.1, 0.15) is 25.3 Å². The Balaban J connectivity index is 1.79. The Labute approximate surface area is 158 Å². The summed E-state index contributed by atoms with van der Waals surface area (Å²) in [7, 11) is 3.05. The second-order valence-electron chi connectivity index (χ2n) is 6.89. The first-order valence-corrected chi connectivity index (χ1v) is 8.94. The van der Waals surface area contributed by atoms with Gasteiger partial charge in [0, 0.05) is 11.8 Å². The van der Waals surface area contributed by atoms with Gasteiger partial charge in [-0.3, -0.25) is 19.3 Å². The lowest BCUT2D eigenvalue weighted by Crippen LogP contribution is -2.46. The maximum atomic E-state index is 12.8. The maximum absolute atomic E-state index is 12.8. The van der Waals surface area contributed by atoms with Crippen molar-refractivity contribution in [3.05, 3.63) is 29.8 Å². The van der Waals surface area contributed by atoms with Gasteiger partial charge in [-0.2, -0.15) is 0 Å². The van der Waals surface area contributed by atoms with Gasteiger partial charge in [0.15, 0.2) is 11.5 Å². The molecule has 1 aliphatic heterocycles. The van der Waals surface area contributed by atoms with Crippen molar-refractivity contribution in [3.8, 4) is 11.5 Å². The molecule has 0 spiro atoms. The van der Waals surface area contributed by atoms with Crippen LogP contribution < -0.4 is 14.8 Å². The van der Waals surface area contributed by atoms with Gasteiger partial charge in [-0.25, -0.2) is 0 Å². The van der Waals surface area contributed by atoms with E-state index in [1.165, 1.54) is 14.2 Å². The minimum atomic E-state index is -0.886. The zero-order chi connectivity index (χ0) is 19.7. The highest BCUT2D eigenvalue weighted by Gasteiger charge is 2.50. The molecule has 7 heteroatoms. The molecule has 1 fully saturated rings. The first-order valence-electron chi connectivity index (χ1n) is 8.94. The summed E-state index contributed by atoms with van der Waals surface area (Å²) >= 11 is 0. The molecule has 1 aromatic rings. The smallest absolute Gasteiger partial charge is 0.247 e. The molecule has 0 radical (unpaired) electrons. The predicted octanol–water partition coefficient (Wildman–Crippen LogP) is 2.29. The van der Waals surface area contributed by atoms with Crippen LogP contribution in [0.15, 0.2) is 24.3 Å². The molecule has 1 heterocycles. The molecule has 0 bridgehead atoms. The van der Waals surface area contributed by atoms with Crippen molar-refractivity contribution < 1.29 is 23.9 Å².